The van der Waals surface area contributed by atoms with E-state index in [0.29, 0.717) is 0 Å². The molecule has 0 unspecified atom stereocenters. The van der Waals surface area contributed by atoms with Crippen molar-refractivity contribution < 1.29 is 4.42 Å². The predicted octanol–water partition coefficient (Wildman–Crippen LogP) is 13.9. The van der Waals surface area contributed by atoms with Crippen LogP contribution in [0.1, 0.15) is 6.42 Å². The van der Waals surface area contributed by atoms with E-state index in [9.17, 15) is 0 Å². The monoisotopic (exact) mass is 666 g/mol. The zero-order valence-corrected chi connectivity index (χ0v) is 28.5. The topological polar surface area (TPSA) is 21.3 Å². The smallest absolute Gasteiger partial charge is 0.143 e. The number of hydrogen-bond acceptors (Lipinski definition) is 2. The standard InChI is InChI=1S/C49H34N2O/c1-2-6-20-38(19-5-1)51-46-26-12-11-21-42(46)45-33-35(29-32-47(45)51)41-23-14-25-44-43-24-13-22-40(48(43)52-49(41)44)34-27-30-39(31-28-34)50(36-15-7-3-8-16-36)37-17-9-4-10-18-37/h1-5,7-33H,6H2. The SMILES string of the molecule is C1=CCC=C(n2c3ccccc3c3cc(-c4cccc5c4oc4c(-c6ccc(N(c7ccccc7)c7ccccc7)cc6)cccc45)ccc32)C=C1. The summed E-state index contributed by atoms with van der Waals surface area (Å²) in [4.78, 5) is 2.29. The molecule has 0 spiro atoms. The molecule has 52 heavy (non-hydrogen) atoms. The van der Waals surface area contributed by atoms with E-state index >= 15 is 0 Å². The molecule has 246 valence electrons. The number of anilines is 3. The van der Waals surface area contributed by atoms with Gasteiger partial charge in [-0.15, -0.1) is 0 Å². The Bertz CT molecular complexity index is 2810. The maximum Gasteiger partial charge on any atom is 0.143 e. The molecule has 0 aliphatic heterocycles. The lowest BCUT2D eigenvalue weighted by atomic mass is 9.99. The van der Waals surface area contributed by atoms with E-state index in [1.165, 1.54) is 27.5 Å². The number of fused-ring (bicyclic) bond motifs is 6. The molecule has 2 aromatic heterocycles. The third-order valence-electron chi connectivity index (χ3n) is 10.2. The van der Waals surface area contributed by atoms with Gasteiger partial charge in [-0.1, -0.05) is 133 Å². The minimum atomic E-state index is 0.902. The molecule has 0 bridgehead atoms. The van der Waals surface area contributed by atoms with E-state index < -0.39 is 0 Å². The summed E-state index contributed by atoms with van der Waals surface area (Å²) in [5, 5.41) is 4.71. The Balaban J connectivity index is 1.08. The average molecular weight is 667 g/mol. The van der Waals surface area contributed by atoms with E-state index in [1.807, 2.05) is 0 Å². The molecule has 0 fully saturated rings. The minimum Gasteiger partial charge on any atom is -0.455 e. The molecule has 0 radical (unpaired) electrons. The number of hydrogen-bond donors (Lipinski definition) is 0. The number of para-hydroxylation sites is 5. The summed E-state index contributed by atoms with van der Waals surface area (Å²) in [6, 6.07) is 58.4. The molecule has 0 saturated heterocycles. The summed E-state index contributed by atoms with van der Waals surface area (Å²) < 4.78 is 9.30. The number of allylic oxidation sites excluding steroid dienone is 6. The van der Waals surface area contributed by atoms with Crippen LogP contribution >= 0.6 is 0 Å². The lowest BCUT2D eigenvalue weighted by Crippen LogP contribution is -2.09. The molecule has 10 rings (SSSR count). The van der Waals surface area contributed by atoms with Crippen molar-refractivity contribution >= 4 is 66.5 Å². The van der Waals surface area contributed by atoms with Crippen molar-refractivity contribution in [3.8, 4) is 22.3 Å². The van der Waals surface area contributed by atoms with Gasteiger partial charge in [0.25, 0.3) is 0 Å². The van der Waals surface area contributed by atoms with Crippen LogP contribution in [0.15, 0.2) is 199 Å². The third-order valence-corrected chi connectivity index (χ3v) is 10.2. The van der Waals surface area contributed by atoms with Crippen LogP contribution in [-0.4, -0.2) is 4.57 Å². The predicted molar refractivity (Wildman–Crippen MR) is 219 cm³/mol. The van der Waals surface area contributed by atoms with Crippen LogP contribution in [0.5, 0.6) is 0 Å². The quantitative estimate of drug-likeness (QED) is 0.176. The van der Waals surface area contributed by atoms with Gasteiger partial charge >= 0.3 is 0 Å². The highest BCUT2D eigenvalue weighted by atomic mass is 16.3. The largest absolute Gasteiger partial charge is 0.455 e. The lowest BCUT2D eigenvalue weighted by molar-refractivity contribution is 0.671. The molecular formula is C49H34N2O. The van der Waals surface area contributed by atoms with Gasteiger partial charge in [0.2, 0.25) is 0 Å². The van der Waals surface area contributed by atoms with Gasteiger partial charge in [-0.3, -0.25) is 0 Å². The fraction of sp³-hybridized carbons (Fsp3) is 0.0204. The molecule has 3 nitrogen and oxygen atoms in total. The molecule has 0 N–H and O–H groups in total. The Morgan fingerprint density at radius 3 is 1.75 bits per heavy atom. The number of benzene rings is 7. The summed E-state index contributed by atoms with van der Waals surface area (Å²) in [5.74, 6) is 0. The second-order valence-electron chi connectivity index (χ2n) is 13.3. The van der Waals surface area contributed by atoms with E-state index in [0.717, 1.165) is 67.7 Å². The van der Waals surface area contributed by atoms with E-state index in [-0.39, 0.29) is 0 Å². The van der Waals surface area contributed by atoms with Crippen LogP contribution in [0, 0.1) is 0 Å². The van der Waals surface area contributed by atoms with Gasteiger partial charge in [-0.2, -0.15) is 0 Å². The molecule has 0 atom stereocenters. The summed E-state index contributed by atoms with van der Waals surface area (Å²) >= 11 is 0. The number of nitrogens with zero attached hydrogens (tertiary/aromatic N) is 2. The Hall–Kier alpha value is -6.84. The molecule has 7 aromatic carbocycles. The van der Waals surface area contributed by atoms with Gasteiger partial charge in [0.05, 0.1) is 11.0 Å². The van der Waals surface area contributed by atoms with Crippen LogP contribution in [0.2, 0.25) is 0 Å². The number of furan rings is 1. The molecule has 0 amide bonds. The molecular weight excluding hydrogens is 633 g/mol. The van der Waals surface area contributed by atoms with Gasteiger partial charge < -0.3 is 13.9 Å². The third kappa shape index (κ3) is 4.98. The van der Waals surface area contributed by atoms with Crippen LogP contribution in [0.25, 0.3) is 71.7 Å². The Morgan fingerprint density at radius 1 is 0.462 bits per heavy atom. The lowest BCUT2D eigenvalue weighted by Gasteiger charge is -2.25. The van der Waals surface area contributed by atoms with Crippen molar-refractivity contribution in [2.24, 2.45) is 0 Å². The van der Waals surface area contributed by atoms with Crippen molar-refractivity contribution in [2.45, 2.75) is 6.42 Å². The maximum absolute atomic E-state index is 6.91. The summed E-state index contributed by atoms with van der Waals surface area (Å²) in [5.41, 5.74) is 13.2. The Kier molecular flexibility index (Phi) is 7.21. The maximum atomic E-state index is 6.91. The van der Waals surface area contributed by atoms with Crippen LogP contribution in [0.3, 0.4) is 0 Å². The van der Waals surface area contributed by atoms with Gasteiger partial charge in [0, 0.05) is 55.4 Å². The average Bonchev–Trinajstić information content (AvgIpc) is 3.62. The van der Waals surface area contributed by atoms with Gasteiger partial charge in [-0.05, 0) is 78.2 Å². The molecule has 9 aromatic rings. The van der Waals surface area contributed by atoms with Crippen molar-refractivity contribution in [1.29, 1.82) is 0 Å². The first-order valence-corrected chi connectivity index (χ1v) is 17.8. The van der Waals surface area contributed by atoms with Gasteiger partial charge in [-0.25, -0.2) is 0 Å². The zero-order chi connectivity index (χ0) is 34.4. The highest BCUT2D eigenvalue weighted by molar-refractivity contribution is 6.15. The van der Waals surface area contributed by atoms with E-state index in [1.54, 1.807) is 0 Å². The Labute approximate surface area is 302 Å². The number of rotatable bonds is 6. The summed E-state index contributed by atoms with van der Waals surface area (Å²) in [6.45, 7) is 0. The first-order chi connectivity index (χ1) is 25.8. The first kappa shape index (κ1) is 30.0. The molecule has 1 aliphatic rings. The van der Waals surface area contributed by atoms with Crippen LogP contribution in [-0.2, 0) is 0 Å². The van der Waals surface area contributed by atoms with Crippen molar-refractivity contribution in [1.82, 2.24) is 4.57 Å². The summed E-state index contributed by atoms with van der Waals surface area (Å²) in [6.07, 6.45) is 11.8. The first-order valence-electron chi connectivity index (χ1n) is 17.8. The highest BCUT2D eigenvalue weighted by Gasteiger charge is 2.19. The van der Waals surface area contributed by atoms with Crippen molar-refractivity contribution in [3.63, 3.8) is 0 Å². The zero-order valence-electron chi connectivity index (χ0n) is 28.5. The normalized spacial score (nSPS) is 12.9. The molecule has 1 aliphatic carbocycles. The highest BCUT2D eigenvalue weighted by Crippen LogP contribution is 2.42. The second-order valence-corrected chi connectivity index (χ2v) is 13.3. The van der Waals surface area contributed by atoms with Crippen molar-refractivity contribution in [3.05, 3.63) is 194 Å². The molecule has 3 heteroatoms. The van der Waals surface area contributed by atoms with E-state index in [4.69, 9.17) is 4.42 Å². The second kappa shape index (κ2) is 12.5. The Morgan fingerprint density at radius 2 is 1.04 bits per heavy atom. The van der Waals surface area contributed by atoms with Crippen LogP contribution < -0.4 is 4.90 Å². The minimum absolute atomic E-state index is 0.902. The fourth-order valence-corrected chi connectivity index (χ4v) is 7.82. The number of aromatic nitrogens is 1. The van der Waals surface area contributed by atoms with Gasteiger partial charge in [0.15, 0.2) is 0 Å². The van der Waals surface area contributed by atoms with Gasteiger partial charge in [0.1, 0.15) is 11.2 Å². The fourth-order valence-electron chi connectivity index (χ4n) is 7.82. The van der Waals surface area contributed by atoms with Crippen LogP contribution in [0.4, 0.5) is 17.1 Å². The van der Waals surface area contributed by atoms with Crippen molar-refractivity contribution in [2.75, 3.05) is 4.90 Å². The summed E-state index contributed by atoms with van der Waals surface area (Å²) in [7, 11) is 0. The molecule has 0 saturated carbocycles. The molecule has 2 heterocycles. The van der Waals surface area contributed by atoms with E-state index in [2.05, 4.69) is 204 Å².